The first kappa shape index (κ1) is 8.89. The van der Waals surface area contributed by atoms with Gasteiger partial charge in [-0.1, -0.05) is 0 Å². The van der Waals surface area contributed by atoms with Crippen molar-refractivity contribution >= 4 is 5.69 Å². The minimum Gasteiger partial charge on any atom is -0.508 e. The summed E-state index contributed by atoms with van der Waals surface area (Å²) in [5.74, 6) is -0.0990. The summed E-state index contributed by atoms with van der Waals surface area (Å²) in [4.78, 5) is 0. The normalized spacial score (nSPS) is 8.77. The van der Waals surface area contributed by atoms with Gasteiger partial charge in [-0.15, -0.1) is 0 Å². The second-order valence-corrected chi connectivity index (χ2v) is 2.51. The predicted molar refractivity (Wildman–Crippen MR) is 46.6 cm³/mol. The minimum atomic E-state index is -0.0990. The van der Waals surface area contributed by atoms with Gasteiger partial charge in [-0.3, -0.25) is 0 Å². The van der Waals surface area contributed by atoms with Crippen molar-refractivity contribution in [1.29, 1.82) is 10.5 Å². The number of nitrogen functional groups attached to an aromatic ring is 1. The molecule has 3 N–H and O–H groups in total. The predicted octanol–water partition coefficient (Wildman–Crippen LogP) is 0.912. The van der Waals surface area contributed by atoms with E-state index in [0.717, 1.165) is 0 Å². The Hall–Kier alpha value is -2.20. The molecule has 0 aliphatic heterocycles. The number of anilines is 1. The number of phenolic OH excluding ortho intramolecular Hbond substituents is 1. The monoisotopic (exact) mass is 173 g/mol. The van der Waals surface area contributed by atoms with E-state index in [0.29, 0.717) is 11.3 Å². The summed E-state index contributed by atoms with van der Waals surface area (Å²) in [7, 11) is 0. The van der Waals surface area contributed by atoms with E-state index in [4.69, 9.17) is 16.3 Å². The van der Waals surface area contributed by atoms with Crippen LogP contribution in [0.25, 0.3) is 0 Å². The number of aromatic hydroxyl groups is 1. The number of benzene rings is 1. The quantitative estimate of drug-likeness (QED) is 0.617. The molecule has 4 nitrogen and oxygen atoms in total. The fourth-order valence-corrected chi connectivity index (χ4v) is 1.04. The summed E-state index contributed by atoms with van der Waals surface area (Å²) in [5, 5.41) is 26.5. The molecule has 0 fully saturated rings. The van der Waals surface area contributed by atoms with Crippen LogP contribution >= 0.6 is 0 Å². The zero-order chi connectivity index (χ0) is 9.84. The molecule has 0 atom stereocenters. The lowest BCUT2D eigenvalue weighted by atomic mass is 10.0. The van der Waals surface area contributed by atoms with Gasteiger partial charge in [-0.2, -0.15) is 10.5 Å². The highest BCUT2D eigenvalue weighted by Gasteiger charge is 2.08. The second kappa shape index (κ2) is 3.46. The molecule has 0 heterocycles. The van der Waals surface area contributed by atoms with Crippen molar-refractivity contribution in [2.45, 2.75) is 6.42 Å². The molecule has 0 saturated heterocycles. The van der Waals surface area contributed by atoms with Crippen LogP contribution in [0.4, 0.5) is 5.69 Å². The van der Waals surface area contributed by atoms with E-state index in [-0.39, 0.29) is 17.7 Å². The summed E-state index contributed by atoms with van der Waals surface area (Å²) in [6.45, 7) is 0. The first-order valence-corrected chi connectivity index (χ1v) is 3.57. The number of nitrogens with two attached hydrogens (primary N) is 1. The molecular formula is C9H7N3O. The minimum absolute atomic E-state index is 0.00894. The van der Waals surface area contributed by atoms with Crippen LogP contribution in [0.3, 0.4) is 0 Å². The first-order valence-electron chi connectivity index (χ1n) is 3.57. The molecule has 1 aromatic rings. The van der Waals surface area contributed by atoms with E-state index in [1.807, 2.05) is 12.1 Å². The van der Waals surface area contributed by atoms with E-state index in [9.17, 15) is 5.11 Å². The lowest BCUT2D eigenvalue weighted by Crippen LogP contribution is -1.93. The van der Waals surface area contributed by atoms with E-state index in [2.05, 4.69) is 0 Å². The van der Waals surface area contributed by atoms with Crippen LogP contribution in [0.5, 0.6) is 5.75 Å². The van der Waals surface area contributed by atoms with E-state index in [1.165, 1.54) is 12.1 Å². The van der Waals surface area contributed by atoms with Crippen LogP contribution in [0.15, 0.2) is 12.1 Å². The highest BCUT2D eigenvalue weighted by molar-refractivity contribution is 5.57. The van der Waals surface area contributed by atoms with Gasteiger partial charge in [-0.25, -0.2) is 0 Å². The van der Waals surface area contributed by atoms with Crippen LogP contribution in [0.2, 0.25) is 0 Å². The number of nitriles is 2. The molecule has 0 aliphatic rings. The molecule has 1 rings (SSSR count). The molecule has 0 aliphatic carbocycles. The molecular weight excluding hydrogens is 166 g/mol. The molecule has 13 heavy (non-hydrogen) atoms. The zero-order valence-corrected chi connectivity index (χ0v) is 6.78. The fraction of sp³-hybridized carbons (Fsp3) is 0.111. The molecule has 0 bridgehead atoms. The summed E-state index contributed by atoms with van der Waals surface area (Å²) in [6, 6.07) is 6.50. The average Bonchev–Trinajstić information content (AvgIpc) is 2.09. The van der Waals surface area contributed by atoms with Gasteiger partial charge in [0.05, 0.1) is 24.1 Å². The van der Waals surface area contributed by atoms with Gasteiger partial charge in [0.2, 0.25) is 0 Å². The second-order valence-electron chi connectivity index (χ2n) is 2.51. The van der Waals surface area contributed by atoms with Gasteiger partial charge >= 0.3 is 0 Å². The van der Waals surface area contributed by atoms with Crippen molar-refractivity contribution < 1.29 is 5.11 Å². The summed E-state index contributed by atoms with van der Waals surface area (Å²) >= 11 is 0. The van der Waals surface area contributed by atoms with Crippen LogP contribution in [0.1, 0.15) is 11.1 Å². The smallest absolute Gasteiger partial charge is 0.123 e. The number of hydrogen-bond donors (Lipinski definition) is 2. The Morgan fingerprint density at radius 1 is 1.38 bits per heavy atom. The topological polar surface area (TPSA) is 93.8 Å². The largest absolute Gasteiger partial charge is 0.508 e. The van der Waals surface area contributed by atoms with Gasteiger partial charge < -0.3 is 10.8 Å². The molecule has 0 aromatic heterocycles. The summed E-state index contributed by atoms with van der Waals surface area (Å²) in [5.41, 5.74) is 6.30. The maximum Gasteiger partial charge on any atom is 0.123 e. The molecule has 4 heteroatoms. The lowest BCUT2D eigenvalue weighted by molar-refractivity contribution is 0.470. The lowest BCUT2D eigenvalue weighted by Gasteiger charge is -2.03. The highest BCUT2D eigenvalue weighted by atomic mass is 16.3. The maximum absolute atomic E-state index is 9.35. The Morgan fingerprint density at radius 3 is 2.62 bits per heavy atom. The number of rotatable bonds is 1. The van der Waals surface area contributed by atoms with E-state index >= 15 is 0 Å². The van der Waals surface area contributed by atoms with Crippen molar-refractivity contribution in [3.63, 3.8) is 0 Å². The third-order valence-electron chi connectivity index (χ3n) is 1.62. The van der Waals surface area contributed by atoms with Crippen molar-refractivity contribution in [3.05, 3.63) is 23.3 Å². The molecule has 64 valence electrons. The van der Waals surface area contributed by atoms with Crippen molar-refractivity contribution in [3.8, 4) is 17.9 Å². The first-order chi connectivity index (χ1) is 6.19. The number of phenols is 1. The third-order valence-corrected chi connectivity index (χ3v) is 1.62. The molecule has 0 radical (unpaired) electrons. The highest BCUT2D eigenvalue weighted by Crippen LogP contribution is 2.24. The average molecular weight is 173 g/mol. The zero-order valence-electron chi connectivity index (χ0n) is 6.78. The van der Waals surface area contributed by atoms with Crippen molar-refractivity contribution in [2.24, 2.45) is 0 Å². The van der Waals surface area contributed by atoms with Crippen LogP contribution in [-0.4, -0.2) is 5.11 Å². The molecule has 0 saturated carbocycles. The van der Waals surface area contributed by atoms with Gasteiger partial charge in [0.1, 0.15) is 5.75 Å². The van der Waals surface area contributed by atoms with Gasteiger partial charge in [0.25, 0.3) is 0 Å². The van der Waals surface area contributed by atoms with Crippen LogP contribution in [0, 0.1) is 22.7 Å². The maximum atomic E-state index is 9.35. The van der Waals surface area contributed by atoms with Crippen LogP contribution in [-0.2, 0) is 6.42 Å². The molecule has 1 aromatic carbocycles. The Balaban J connectivity index is 3.34. The number of hydrogen-bond acceptors (Lipinski definition) is 4. The molecule has 0 unspecified atom stereocenters. The van der Waals surface area contributed by atoms with Gasteiger partial charge in [-0.05, 0) is 6.07 Å². The van der Waals surface area contributed by atoms with Gasteiger partial charge in [0, 0.05) is 17.3 Å². The number of nitrogens with zero attached hydrogens (tertiary/aromatic N) is 2. The Bertz CT molecular complexity index is 412. The Labute approximate surface area is 75.4 Å². The van der Waals surface area contributed by atoms with Gasteiger partial charge in [0.15, 0.2) is 0 Å². The van der Waals surface area contributed by atoms with Crippen molar-refractivity contribution in [2.75, 3.05) is 5.73 Å². The van der Waals surface area contributed by atoms with E-state index in [1.54, 1.807) is 0 Å². The Morgan fingerprint density at radius 2 is 2.08 bits per heavy atom. The Kier molecular flexibility index (Phi) is 2.37. The fourth-order valence-electron chi connectivity index (χ4n) is 1.04. The third kappa shape index (κ3) is 1.69. The summed E-state index contributed by atoms with van der Waals surface area (Å²) < 4.78 is 0. The molecule has 0 spiro atoms. The SMILES string of the molecule is N#CCc1c(O)cc(N)cc1C#N. The molecule has 0 amide bonds. The van der Waals surface area contributed by atoms with Crippen LogP contribution < -0.4 is 5.73 Å². The standard InChI is InChI=1S/C9H7N3O/c10-2-1-8-6(5-11)3-7(12)4-9(8)13/h3-4,13H,1,12H2. The van der Waals surface area contributed by atoms with E-state index < -0.39 is 0 Å². The summed E-state index contributed by atoms with van der Waals surface area (Å²) in [6.07, 6.45) is 0.00894. The van der Waals surface area contributed by atoms with Crippen molar-refractivity contribution in [1.82, 2.24) is 0 Å².